The van der Waals surface area contributed by atoms with E-state index in [0.29, 0.717) is 11.5 Å². The van der Waals surface area contributed by atoms with E-state index in [0.717, 1.165) is 47.0 Å². The Kier molecular flexibility index (Phi) is 5.32. The maximum absolute atomic E-state index is 6.98. The summed E-state index contributed by atoms with van der Waals surface area (Å²) in [5, 5.41) is 0. The van der Waals surface area contributed by atoms with E-state index in [1.54, 1.807) is 0 Å². The number of allylic oxidation sites excluding steroid dienone is 4. The third kappa shape index (κ3) is 3.37. The second-order valence-electron chi connectivity index (χ2n) is 12.3. The zero-order chi connectivity index (χ0) is 30.2. The molecule has 0 bridgehead atoms. The van der Waals surface area contributed by atoms with Crippen molar-refractivity contribution in [2.75, 3.05) is 4.90 Å². The first-order chi connectivity index (χ1) is 22.8. The SMILES string of the molecule is C1=C2C(=CCC1)C1(c3ccccc32)c2ccccc2-c2c1ccc1c2Oc2cc(N(c3ccccc3)c3ccccc3)ccc2O1. The number of para-hydroxylation sites is 2. The molecule has 218 valence electrons. The summed E-state index contributed by atoms with van der Waals surface area (Å²) in [5.41, 5.74) is 13.1. The van der Waals surface area contributed by atoms with E-state index in [1.165, 1.54) is 39.0 Å². The van der Waals surface area contributed by atoms with Crippen LogP contribution in [0.15, 0.2) is 157 Å². The van der Waals surface area contributed by atoms with Crippen LogP contribution in [0.1, 0.15) is 35.1 Å². The summed E-state index contributed by atoms with van der Waals surface area (Å²) in [5.74, 6) is 2.94. The molecule has 1 atom stereocenters. The minimum Gasteiger partial charge on any atom is -0.449 e. The molecule has 0 saturated heterocycles. The summed E-state index contributed by atoms with van der Waals surface area (Å²) in [4.78, 5) is 2.25. The van der Waals surface area contributed by atoms with Gasteiger partial charge in [-0.1, -0.05) is 103 Å². The molecule has 0 saturated carbocycles. The molecule has 3 heteroatoms. The molecule has 1 heterocycles. The van der Waals surface area contributed by atoms with Gasteiger partial charge in [-0.2, -0.15) is 0 Å². The van der Waals surface area contributed by atoms with Gasteiger partial charge in [0.25, 0.3) is 0 Å². The Bertz CT molecular complexity index is 2230. The van der Waals surface area contributed by atoms with Crippen LogP contribution >= 0.6 is 0 Å². The van der Waals surface area contributed by atoms with Crippen molar-refractivity contribution >= 4 is 22.6 Å². The van der Waals surface area contributed by atoms with E-state index in [1.807, 2.05) is 18.2 Å². The van der Waals surface area contributed by atoms with Gasteiger partial charge in [-0.25, -0.2) is 0 Å². The Labute approximate surface area is 268 Å². The number of ether oxygens (including phenoxy) is 2. The van der Waals surface area contributed by atoms with Crippen molar-refractivity contribution in [1.82, 2.24) is 0 Å². The molecule has 1 spiro atoms. The topological polar surface area (TPSA) is 21.7 Å². The van der Waals surface area contributed by atoms with E-state index in [-0.39, 0.29) is 5.41 Å². The van der Waals surface area contributed by atoms with Crippen LogP contribution in [0.5, 0.6) is 23.0 Å². The lowest BCUT2D eigenvalue weighted by molar-refractivity contribution is 0.360. The van der Waals surface area contributed by atoms with Crippen LogP contribution in [0.25, 0.3) is 16.7 Å². The quantitative estimate of drug-likeness (QED) is 0.204. The molecular weight excluding hydrogens is 562 g/mol. The van der Waals surface area contributed by atoms with Crippen molar-refractivity contribution in [3.05, 3.63) is 180 Å². The lowest BCUT2D eigenvalue weighted by Crippen LogP contribution is -2.26. The van der Waals surface area contributed by atoms with Crippen LogP contribution in [0, 0.1) is 0 Å². The summed E-state index contributed by atoms with van der Waals surface area (Å²) in [6, 6.07) is 49.3. The van der Waals surface area contributed by atoms with Gasteiger partial charge in [0.2, 0.25) is 0 Å². The van der Waals surface area contributed by atoms with Gasteiger partial charge >= 0.3 is 0 Å². The maximum atomic E-state index is 6.98. The molecule has 0 fully saturated rings. The highest BCUT2D eigenvalue weighted by molar-refractivity contribution is 6.02. The number of anilines is 3. The van der Waals surface area contributed by atoms with Gasteiger partial charge in [0.1, 0.15) is 0 Å². The second-order valence-corrected chi connectivity index (χ2v) is 12.3. The summed E-state index contributed by atoms with van der Waals surface area (Å²) >= 11 is 0. The number of benzene rings is 6. The van der Waals surface area contributed by atoms with Gasteiger partial charge < -0.3 is 14.4 Å². The first kappa shape index (κ1) is 25.5. The van der Waals surface area contributed by atoms with Gasteiger partial charge in [0, 0.05) is 23.0 Å². The third-order valence-corrected chi connectivity index (χ3v) is 9.95. The van der Waals surface area contributed by atoms with Gasteiger partial charge in [0.15, 0.2) is 23.0 Å². The molecule has 0 aromatic heterocycles. The number of hydrogen-bond donors (Lipinski definition) is 0. The van der Waals surface area contributed by atoms with Crippen molar-refractivity contribution < 1.29 is 9.47 Å². The largest absolute Gasteiger partial charge is 0.449 e. The number of fused-ring (bicyclic) bond motifs is 13. The fraction of sp³-hybridized carbons (Fsp3) is 0.0698. The van der Waals surface area contributed by atoms with Crippen LogP contribution in [-0.2, 0) is 5.41 Å². The molecule has 4 aliphatic rings. The third-order valence-electron chi connectivity index (χ3n) is 9.95. The number of hydrogen-bond acceptors (Lipinski definition) is 3. The molecular formula is C43H29NO2. The zero-order valence-corrected chi connectivity index (χ0v) is 25.1. The molecule has 3 nitrogen and oxygen atoms in total. The highest BCUT2D eigenvalue weighted by Gasteiger charge is 2.54. The predicted molar refractivity (Wildman–Crippen MR) is 185 cm³/mol. The van der Waals surface area contributed by atoms with Gasteiger partial charge in [-0.15, -0.1) is 0 Å². The predicted octanol–water partition coefficient (Wildman–Crippen LogP) is 11.5. The lowest BCUT2D eigenvalue weighted by atomic mass is 9.69. The van der Waals surface area contributed by atoms with E-state index in [4.69, 9.17) is 9.47 Å². The molecule has 0 radical (unpaired) electrons. The van der Waals surface area contributed by atoms with Crippen LogP contribution in [0.3, 0.4) is 0 Å². The summed E-state index contributed by atoms with van der Waals surface area (Å²) < 4.78 is 13.6. The van der Waals surface area contributed by atoms with Gasteiger partial charge in [-0.3, -0.25) is 0 Å². The Morgan fingerprint density at radius 3 is 1.87 bits per heavy atom. The standard InChI is InChI=1S/C43H29NO2/c1-3-13-28(14-4-1)44(29-15-5-2-6-16-29)30-23-25-38-40(27-30)46-42-39(45-38)26-24-37-41(42)33-19-9-12-22-36(33)43(37)34-20-10-7-17-31(34)32-18-8-11-21-35(32)43/h1-7,9-10,12-27H,8,11H2. The molecule has 10 rings (SSSR count). The molecule has 3 aliphatic carbocycles. The average Bonchev–Trinajstić information content (AvgIpc) is 3.59. The molecule has 6 aromatic carbocycles. The van der Waals surface area contributed by atoms with Crippen LogP contribution in [0.2, 0.25) is 0 Å². The van der Waals surface area contributed by atoms with Crippen molar-refractivity contribution in [2.45, 2.75) is 18.3 Å². The smallest absolute Gasteiger partial charge is 0.178 e. The highest BCUT2D eigenvalue weighted by atomic mass is 16.6. The Hall–Kier alpha value is -5.80. The molecule has 1 unspecified atom stereocenters. The Morgan fingerprint density at radius 1 is 0.478 bits per heavy atom. The highest BCUT2D eigenvalue weighted by Crippen LogP contribution is 2.67. The van der Waals surface area contributed by atoms with Crippen molar-refractivity contribution in [3.8, 4) is 34.1 Å². The molecule has 0 amide bonds. The zero-order valence-electron chi connectivity index (χ0n) is 25.1. The monoisotopic (exact) mass is 591 g/mol. The van der Waals surface area contributed by atoms with Crippen LogP contribution in [0.4, 0.5) is 17.1 Å². The van der Waals surface area contributed by atoms with Gasteiger partial charge in [0.05, 0.1) is 11.1 Å². The van der Waals surface area contributed by atoms with Crippen LogP contribution in [-0.4, -0.2) is 0 Å². The summed E-state index contributed by atoms with van der Waals surface area (Å²) in [6.45, 7) is 0. The van der Waals surface area contributed by atoms with Gasteiger partial charge in [-0.05, 0) is 94.3 Å². The fourth-order valence-electron chi connectivity index (χ4n) is 8.18. The van der Waals surface area contributed by atoms with E-state index >= 15 is 0 Å². The first-order valence-electron chi connectivity index (χ1n) is 16.0. The average molecular weight is 592 g/mol. The van der Waals surface area contributed by atoms with Crippen molar-refractivity contribution in [1.29, 1.82) is 0 Å². The molecule has 1 aliphatic heterocycles. The molecule has 6 aromatic rings. The molecule has 46 heavy (non-hydrogen) atoms. The Morgan fingerprint density at radius 2 is 1.11 bits per heavy atom. The van der Waals surface area contributed by atoms with E-state index < -0.39 is 0 Å². The Balaban J connectivity index is 1.16. The second kappa shape index (κ2) is 9.60. The van der Waals surface area contributed by atoms with E-state index in [9.17, 15) is 0 Å². The van der Waals surface area contributed by atoms with Crippen molar-refractivity contribution in [2.24, 2.45) is 0 Å². The number of rotatable bonds is 3. The maximum Gasteiger partial charge on any atom is 0.178 e. The minimum atomic E-state index is -0.382. The summed E-state index contributed by atoms with van der Waals surface area (Å²) in [6.07, 6.45) is 7.03. The van der Waals surface area contributed by atoms with Crippen LogP contribution < -0.4 is 14.4 Å². The first-order valence-corrected chi connectivity index (χ1v) is 16.0. The van der Waals surface area contributed by atoms with E-state index in [2.05, 4.69) is 138 Å². The van der Waals surface area contributed by atoms with Crippen molar-refractivity contribution in [3.63, 3.8) is 0 Å². The normalized spacial score (nSPS) is 17.7. The molecule has 0 N–H and O–H groups in total. The fourth-order valence-corrected chi connectivity index (χ4v) is 8.18. The lowest BCUT2D eigenvalue weighted by Gasteiger charge is -2.32. The minimum absolute atomic E-state index is 0.382. The number of nitrogens with zero attached hydrogens (tertiary/aromatic N) is 1. The summed E-state index contributed by atoms with van der Waals surface area (Å²) in [7, 11) is 0.